The van der Waals surface area contributed by atoms with Gasteiger partial charge in [0.05, 0.1) is 31.5 Å². The van der Waals surface area contributed by atoms with Gasteiger partial charge in [-0.1, -0.05) is 0 Å². The summed E-state index contributed by atoms with van der Waals surface area (Å²) in [7, 11) is 0. The van der Waals surface area contributed by atoms with Crippen LogP contribution < -0.4 is 0 Å². The zero-order valence-corrected chi connectivity index (χ0v) is 12.5. The summed E-state index contributed by atoms with van der Waals surface area (Å²) in [5.41, 5.74) is 0. The van der Waals surface area contributed by atoms with Crippen molar-refractivity contribution in [2.45, 2.75) is 44.8 Å². The van der Waals surface area contributed by atoms with Crippen LogP contribution in [0.5, 0.6) is 0 Å². The summed E-state index contributed by atoms with van der Waals surface area (Å²) in [4.78, 5) is 44.2. The molecule has 1 fully saturated rings. The summed E-state index contributed by atoms with van der Waals surface area (Å²) in [6.45, 7) is 1.55. The Kier molecular flexibility index (Phi) is 6.49. The first-order valence-electron chi connectivity index (χ1n) is 7.14. The van der Waals surface area contributed by atoms with Crippen molar-refractivity contribution in [3.8, 4) is 0 Å². The van der Waals surface area contributed by atoms with Crippen molar-refractivity contribution in [2.24, 2.45) is 17.8 Å². The quantitative estimate of drug-likeness (QED) is 0.497. The lowest BCUT2D eigenvalue weighted by Crippen LogP contribution is -2.49. The first kappa shape index (κ1) is 18.9. The van der Waals surface area contributed by atoms with Gasteiger partial charge in [0.2, 0.25) is 0 Å². The van der Waals surface area contributed by atoms with Crippen LogP contribution in [0.3, 0.4) is 0 Å². The van der Waals surface area contributed by atoms with Gasteiger partial charge in [0.1, 0.15) is 0 Å². The van der Waals surface area contributed by atoms with E-state index in [1.54, 1.807) is 6.92 Å². The molecule has 0 radical (unpaired) electrons. The lowest BCUT2D eigenvalue weighted by Gasteiger charge is -2.45. The Labute approximate surface area is 131 Å². The molecule has 9 heteroatoms. The zero-order chi connectivity index (χ0) is 17.7. The standard InChI is InChI=1S/C14H20O9/c1-6-7(2-11(15)16)8(3-12(17)18)9(4-13(19)20)10(23-6)5-14(21)22/h6-10H,2-5H2,1H3,(H,15,16)(H,17,18)(H,19,20)(H,21,22)/t6-,7+,8+,9+,10?/m0/s1. The molecule has 0 aromatic carbocycles. The number of ether oxygens (including phenoxy) is 1. The van der Waals surface area contributed by atoms with Crippen molar-refractivity contribution in [1.29, 1.82) is 0 Å². The van der Waals surface area contributed by atoms with Crippen LogP contribution in [0.2, 0.25) is 0 Å². The van der Waals surface area contributed by atoms with E-state index in [9.17, 15) is 19.2 Å². The van der Waals surface area contributed by atoms with E-state index in [4.69, 9.17) is 25.2 Å². The van der Waals surface area contributed by atoms with Gasteiger partial charge < -0.3 is 25.2 Å². The minimum Gasteiger partial charge on any atom is -0.481 e. The summed E-state index contributed by atoms with van der Waals surface area (Å²) in [6, 6.07) is 0. The van der Waals surface area contributed by atoms with Crippen LogP contribution in [0.4, 0.5) is 0 Å². The summed E-state index contributed by atoms with van der Waals surface area (Å²) in [5.74, 6) is -7.10. The number of rotatable bonds is 8. The number of hydrogen-bond donors (Lipinski definition) is 4. The predicted octanol–water partition coefficient (Wildman–Crippen LogP) is 0.521. The molecule has 0 bridgehead atoms. The van der Waals surface area contributed by atoms with Gasteiger partial charge in [0, 0.05) is 6.42 Å². The van der Waals surface area contributed by atoms with Gasteiger partial charge in [0.15, 0.2) is 0 Å². The second kappa shape index (κ2) is 7.91. The third kappa shape index (κ3) is 5.51. The number of hydrogen-bond acceptors (Lipinski definition) is 5. The molecule has 1 unspecified atom stereocenters. The summed E-state index contributed by atoms with van der Waals surface area (Å²) >= 11 is 0. The highest BCUT2D eigenvalue weighted by molar-refractivity contribution is 5.71. The fourth-order valence-electron chi connectivity index (χ4n) is 3.30. The second-order valence-electron chi connectivity index (χ2n) is 5.76. The fourth-order valence-corrected chi connectivity index (χ4v) is 3.30. The highest BCUT2D eigenvalue weighted by atomic mass is 16.5. The van der Waals surface area contributed by atoms with Crippen LogP contribution in [0, 0.1) is 17.8 Å². The molecule has 23 heavy (non-hydrogen) atoms. The van der Waals surface area contributed by atoms with Gasteiger partial charge in [-0.2, -0.15) is 0 Å². The van der Waals surface area contributed by atoms with Crippen LogP contribution in [-0.4, -0.2) is 56.5 Å². The van der Waals surface area contributed by atoms with Crippen molar-refractivity contribution in [3.63, 3.8) is 0 Å². The van der Waals surface area contributed by atoms with Crippen molar-refractivity contribution in [2.75, 3.05) is 0 Å². The van der Waals surface area contributed by atoms with E-state index >= 15 is 0 Å². The van der Waals surface area contributed by atoms with Gasteiger partial charge in [-0.15, -0.1) is 0 Å². The number of carboxylic acid groups (broad SMARTS) is 4. The summed E-state index contributed by atoms with van der Waals surface area (Å²) < 4.78 is 5.54. The Balaban J connectivity index is 3.15. The molecule has 0 amide bonds. The average molecular weight is 332 g/mol. The normalized spacial score (nSPS) is 30.6. The maximum Gasteiger partial charge on any atom is 0.305 e. The fraction of sp³-hybridized carbons (Fsp3) is 0.714. The number of carbonyl (C=O) groups is 4. The molecule has 0 aliphatic carbocycles. The van der Waals surface area contributed by atoms with E-state index < -0.39 is 73.1 Å². The van der Waals surface area contributed by atoms with Gasteiger partial charge in [-0.3, -0.25) is 19.2 Å². The molecule has 1 rings (SSSR count). The Morgan fingerprint density at radius 2 is 1.09 bits per heavy atom. The molecular formula is C14H20O9. The largest absolute Gasteiger partial charge is 0.481 e. The van der Waals surface area contributed by atoms with Crippen LogP contribution in [0.25, 0.3) is 0 Å². The first-order chi connectivity index (χ1) is 10.6. The van der Waals surface area contributed by atoms with Crippen LogP contribution in [0.1, 0.15) is 32.6 Å². The second-order valence-corrected chi connectivity index (χ2v) is 5.76. The third-order valence-electron chi connectivity index (χ3n) is 4.18. The molecule has 0 saturated carbocycles. The van der Waals surface area contributed by atoms with E-state index in [0.29, 0.717) is 0 Å². The monoisotopic (exact) mass is 332 g/mol. The van der Waals surface area contributed by atoms with E-state index in [1.807, 2.05) is 0 Å². The van der Waals surface area contributed by atoms with E-state index in [0.717, 1.165) is 0 Å². The highest BCUT2D eigenvalue weighted by Crippen LogP contribution is 2.42. The van der Waals surface area contributed by atoms with E-state index in [-0.39, 0.29) is 6.42 Å². The topological polar surface area (TPSA) is 158 Å². The zero-order valence-electron chi connectivity index (χ0n) is 12.5. The highest BCUT2D eigenvalue weighted by Gasteiger charge is 2.46. The van der Waals surface area contributed by atoms with Crippen molar-refractivity contribution < 1.29 is 44.3 Å². The van der Waals surface area contributed by atoms with E-state index in [1.165, 1.54) is 0 Å². The average Bonchev–Trinajstić information content (AvgIpc) is 2.36. The Morgan fingerprint density at radius 3 is 1.52 bits per heavy atom. The van der Waals surface area contributed by atoms with Crippen LogP contribution >= 0.6 is 0 Å². The molecule has 1 aliphatic heterocycles. The maximum absolute atomic E-state index is 11.1. The summed E-state index contributed by atoms with van der Waals surface area (Å²) in [5, 5.41) is 36.1. The van der Waals surface area contributed by atoms with Crippen molar-refractivity contribution in [1.82, 2.24) is 0 Å². The molecule has 5 atom stereocenters. The molecule has 9 nitrogen and oxygen atoms in total. The Hall–Kier alpha value is -2.16. The van der Waals surface area contributed by atoms with Crippen molar-refractivity contribution in [3.05, 3.63) is 0 Å². The molecule has 1 aliphatic rings. The maximum atomic E-state index is 11.1. The molecule has 130 valence electrons. The predicted molar refractivity (Wildman–Crippen MR) is 73.8 cm³/mol. The van der Waals surface area contributed by atoms with E-state index in [2.05, 4.69) is 0 Å². The smallest absolute Gasteiger partial charge is 0.305 e. The number of aliphatic carboxylic acids is 4. The lowest BCUT2D eigenvalue weighted by molar-refractivity contribution is -0.176. The molecule has 4 N–H and O–H groups in total. The molecule has 0 spiro atoms. The lowest BCUT2D eigenvalue weighted by atomic mass is 9.69. The van der Waals surface area contributed by atoms with Crippen LogP contribution in [0.15, 0.2) is 0 Å². The Bertz CT molecular complexity index is 487. The van der Waals surface area contributed by atoms with Gasteiger partial charge in [-0.05, 0) is 24.7 Å². The third-order valence-corrected chi connectivity index (χ3v) is 4.18. The number of carboxylic acids is 4. The van der Waals surface area contributed by atoms with Crippen molar-refractivity contribution >= 4 is 23.9 Å². The molecule has 0 aromatic rings. The minimum atomic E-state index is -1.21. The minimum absolute atomic E-state index is 0.366. The van der Waals surface area contributed by atoms with Gasteiger partial charge in [0.25, 0.3) is 0 Å². The Morgan fingerprint density at radius 1 is 0.696 bits per heavy atom. The molecule has 1 heterocycles. The van der Waals surface area contributed by atoms with Gasteiger partial charge in [-0.25, -0.2) is 0 Å². The van der Waals surface area contributed by atoms with Crippen LogP contribution in [-0.2, 0) is 23.9 Å². The molecule has 0 aromatic heterocycles. The first-order valence-corrected chi connectivity index (χ1v) is 7.14. The van der Waals surface area contributed by atoms with Gasteiger partial charge >= 0.3 is 23.9 Å². The SMILES string of the molecule is C[C@@H]1OC(CC(=O)O)[C@H](CC(=O)O)[C@H](CC(=O)O)[C@@H]1CC(=O)O. The molecular weight excluding hydrogens is 312 g/mol. The molecule has 1 saturated heterocycles. The summed E-state index contributed by atoms with van der Waals surface area (Å²) in [6.07, 6.45) is -3.37.